The van der Waals surface area contributed by atoms with Gasteiger partial charge in [0.05, 0.1) is 13.2 Å². The van der Waals surface area contributed by atoms with Crippen molar-refractivity contribution in [1.82, 2.24) is 5.32 Å². The predicted octanol–water partition coefficient (Wildman–Crippen LogP) is 1.60. The van der Waals surface area contributed by atoms with Crippen molar-refractivity contribution < 1.29 is 14.3 Å². The van der Waals surface area contributed by atoms with E-state index in [1.165, 1.54) is 0 Å². The maximum absolute atomic E-state index is 12.0. The molecule has 1 saturated heterocycles. The Hall–Kier alpha value is -1.92. The lowest BCUT2D eigenvalue weighted by molar-refractivity contribution is -0.121. The van der Waals surface area contributed by atoms with Crippen molar-refractivity contribution in [3.63, 3.8) is 0 Å². The standard InChI is InChI=1S/C16H23N3O3/c1-11(2)9-15(20)18-12-3-5-13(6-4-12)19-16(21)14-10-22-8-7-17-14/h3-6,11,14,17H,7-10H2,1-2H3,(H,18,20)(H,19,21). The number of amides is 2. The third-order valence-electron chi connectivity index (χ3n) is 3.27. The van der Waals surface area contributed by atoms with Crippen molar-refractivity contribution in [3.05, 3.63) is 24.3 Å². The molecule has 1 aliphatic rings. The molecule has 0 spiro atoms. The van der Waals surface area contributed by atoms with Gasteiger partial charge >= 0.3 is 0 Å². The Morgan fingerprint density at radius 3 is 2.41 bits per heavy atom. The molecule has 0 bridgehead atoms. The monoisotopic (exact) mass is 305 g/mol. The van der Waals surface area contributed by atoms with Crippen molar-refractivity contribution >= 4 is 23.2 Å². The highest BCUT2D eigenvalue weighted by Gasteiger charge is 2.20. The molecule has 6 heteroatoms. The summed E-state index contributed by atoms with van der Waals surface area (Å²) < 4.78 is 5.26. The number of anilines is 2. The molecule has 2 rings (SSSR count). The zero-order valence-electron chi connectivity index (χ0n) is 13.0. The van der Waals surface area contributed by atoms with Gasteiger partial charge in [0.2, 0.25) is 11.8 Å². The van der Waals surface area contributed by atoms with Crippen LogP contribution < -0.4 is 16.0 Å². The molecule has 120 valence electrons. The van der Waals surface area contributed by atoms with Crippen molar-refractivity contribution in [2.45, 2.75) is 26.3 Å². The molecule has 0 aliphatic carbocycles. The van der Waals surface area contributed by atoms with E-state index in [4.69, 9.17) is 4.74 Å². The van der Waals surface area contributed by atoms with Crippen molar-refractivity contribution in [1.29, 1.82) is 0 Å². The van der Waals surface area contributed by atoms with Gasteiger partial charge in [-0.05, 0) is 30.2 Å². The molecule has 1 fully saturated rings. The third-order valence-corrected chi connectivity index (χ3v) is 3.27. The fourth-order valence-corrected chi connectivity index (χ4v) is 2.18. The van der Waals surface area contributed by atoms with E-state index in [0.717, 1.165) is 5.69 Å². The molecule has 0 aromatic heterocycles. The van der Waals surface area contributed by atoms with Crippen LogP contribution in [0.3, 0.4) is 0 Å². The number of carbonyl (C=O) groups is 2. The molecule has 6 nitrogen and oxygen atoms in total. The minimum Gasteiger partial charge on any atom is -0.378 e. The average molecular weight is 305 g/mol. The fourth-order valence-electron chi connectivity index (χ4n) is 2.18. The van der Waals surface area contributed by atoms with E-state index in [0.29, 0.717) is 37.8 Å². The number of benzene rings is 1. The van der Waals surface area contributed by atoms with Crippen LogP contribution in [0.2, 0.25) is 0 Å². The van der Waals surface area contributed by atoms with Crippen LogP contribution in [0.25, 0.3) is 0 Å². The summed E-state index contributed by atoms with van der Waals surface area (Å²) in [4.78, 5) is 23.7. The van der Waals surface area contributed by atoms with E-state index in [9.17, 15) is 9.59 Å². The van der Waals surface area contributed by atoms with Gasteiger partial charge in [0.15, 0.2) is 0 Å². The van der Waals surface area contributed by atoms with Crippen LogP contribution >= 0.6 is 0 Å². The van der Waals surface area contributed by atoms with Crippen LogP contribution in [0, 0.1) is 5.92 Å². The van der Waals surface area contributed by atoms with Gasteiger partial charge in [-0.2, -0.15) is 0 Å². The molecule has 1 heterocycles. The highest BCUT2D eigenvalue weighted by molar-refractivity contribution is 5.95. The van der Waals surface area contributed by atoms with Crippen LogP contribution in [0.5, 0.6) is 0 Å². The normalized spacial score (nSPS) is 18.0. The number of hydrogen-bond donors (Lipinski definition) is 3. The van der Waals surface area contributed by atoms with Gasteiger partial charge in [0.25, 0.3) is 0 Å². The number of ether oxygens (including phenoxy) is 1. The minimum atomic E-state index is -0.320. The highest BCUT2D eigenvalue weighted by atomic mass is 16.5. The maximum Gasteiger partial charge on any atom is 0.243 e. The smallest absolute Gasteiger partial charge is 0.243 e. The second kappa shape index (κ2) is 7.91. The van der Waals surface area contributed by atoms with Crippen LogP contribution in [-0.2, 0) is 14.3 Å². The van der Waals surface area contributed by atoms with Gasteiger partial charge in [0.1, 0.15) is 6.04 Å². The zero-order valence-corrected chi connectivity index (χ0v) is 13.0. The summed E-state index contributed by atoms with van der Waals surface area (Å²) in [5.74, 6) is 0.204. The van der Waals surface area contributed by atoms with Gasteiger partial charge in [-0.1, -0.05) is 13.8 Å². The summed E-state index contributed by atoms with van der Waals surface area (Å²) >= 11 is 0. The van der Waals surface area contributed by atoms with Gasteiger partial charge < -0.3 is 20.7 Å². The summed E-state index contributed by atoms with van der Waals surface area (Å²) in [6.45, 7) is 5.70. The molecule has 1 aliphatic heterocycles. The molecular weight excluding hydrogens is 282 g/mol. The number of carbonyl (C=O) groups excluding carboxylic acids is 2. The number of hydrogen-bond acceptors (Lipinski definition) is 4. The Kier molecular flexibility index (Phi) is 5.91. The number of nitrogens with one attached hydrogen (secondary N) is 3. The Morgan fingerprint density at radius 2 is 1.86 bits per heavy atom. The highest BCUT2D eigenvalue weighted by Crippen LogP contribution is 2.15. The summed E-state index contributed by atoms with van der Waals surface area (Å²) in [5, 5.41) is 8.76. The SMILES string of the molecule is CC(C)CC(=O)Nc1ccc(NC(=O)C2COCCN2)cc1. The lowest BCUT2D eigenvalue weighted by Crippen LogP contribution is -2.48. The first kappa shape index (κ1) is 16.5. The minimum absolute atomic E-state index is 0.00431. The van der Waals surface area contributed by atoms with E-state index in [-0.39, 0.29) is 17.9 Å². The van der Waals surface area contributed by atoms with E-state index in [2.05, 4.69) is 16.0 Å². The molecule has 1 aromatic rings. The second-order valence-electron chi connectivity index (χ2n) is 5.79. The largest absolute Gasteiger partial charge is 0.378 e. The van der Waals surface area contributed by atoms with E-state index in [1.54, 1.807) is 24.3 Å². The van der Waals surface area contributed by atoms with Gasteiger partial charge in [0, 0.05) is 24.3 Å². The summed E-state index contributed by atoms with van der Waals surface area (Å²) in [6, 6.07) is 6.77. The van der Waals surface area contributed by atoms with Crippen LogP contribution in [0.15, 0.2) is 24.3 Å². The van der Waals surface area contributed by atoms with Crippen molar-refractivity contribution in [3.8, 4) is 0 Å². The first-order valence-electron chi connectivity index (χ1n) is 7.56. The third kappa shape index (κ3) is 5.13. The molecular formula is C16H23N3O3. The number of rotatable bonds is 5. The predicted molar refractivity (Wildman–Crippen MR) is 85.8 cm³/mol. The van der Waals surface area contributed by atoms with E-state index >= 15 is 0 Å². The lowest BCUT2D eigenvalue weighted by atomic mass is 10.1. The topological polar surface area (TPSA) is 79.5 Å². The first-order valence-corrected chi connectivity index (χ1v) is 7.56. The van der Waals surface area contributed by atoms with Crippen LogP contribution in [0.1, 0.15) is 20.3 Å². The Morgan fingerprint density at radius 1 is 1.23 bits per heavy atom. The number of morpholine rings is 1. The second-order valence-corrected chi connectivity index (χ2v) is 5.79. The molecule has 1 unspecified atom stereocenters. The Labute approximate surface area is 130 Å². The molecule has 1 aromatic carbocycles. The van der Waals surface area contributed by atoms with Crippen molar-refractivity contribution in [2.75, 3.05) is 30.4 Å². The van der Waals surface area contributed by atoms with E-state index in [1.807, 2.05) is 13.8 Å². The quantitative estimate of drug-likeness (QED) is 0.772. The Balaban J connectivity index is 1.86. The van der Waals surface area contributed by atoms with Gasteiger partial charge in [-0.15, -0.1) is 0 Å². The van der Waals surface area contributed by atoms with Crippen molar-refractivity contribution in [2.24, 2.45) is 5.92 Å². The lowest BCUT2D eigenvalue weighted by Gasteiger charge is -2.22. The fraction of sp³-hybridized carbons (Fsp3) is 0.500. The average Bonchev–Trinajstić information content (AvgIpc) is 2.49. The van der Waals surface area contributed by atoms with Gasteiger partial charge in [-0.25, -0.2) is 0 Å². The van der Waals surface area contributed by atoms with Crippen LogP contribution in [-0.4, -0.2) is 37.6 Å². The Bertz CT molecular complexity index is 508. The summed E-state index contributed by atoms with van der Waals surface area (Å²) in [7, 11) is 0. The molecule has 2 amide bonds. The molecule has 3 N–H and O–H groups in total. The molecule has 0 radical (unpaired) electrons. The molecule has 0 saturated carbocycles. The van der Waals surface area contributed by atoms with Crippen LogP contribution in [0.4, 0.5) is 11.4 Å². The van der Waals surface area contributed by atoms with Gasteiger partial charge in [-0.3, -0.25) is 9.59 Å². The maximum atomic E-state index is 12.0. The summed E-state index contributed by atoms with van der Waals surface area (Å²) in [6.07, 6.45) is 0.492. The van der Waals surface area contributed by atoms with E-state index < -0.39 is 0 Å². The first-order chi connectivity index (χ1) is 10.5. The molecule has 1 atom stereocenters. The molecule has 22 heavy (non-hydrogen) atoms. The zero-order chi connectivity index (χ0) is 15.9. The summed E-state index contributed by atoms with van der Waals surface area (Å²) in [5.41, 5.74) is 1.42.